The fourth-order valence-electron chi connectivity index (χ4n) is 2.52. The van der Waals surface area contributed by atoms with Gasteiger partial charge in [-0.05, 0) is 30.9 Å². The monoisotopic (exact) mass is 277 g/mol. The van der Waals surface area contributed by atoms with Crippen molar-refractivity contribution in [2.24, 2.45) is 5.92 Å². The lowest BCUT2D eigenvalue weighted by atomic mass is 9.89. The summed E-state index contributed by atoms with van der Waals surface area (Å²) in [5.41, 5.74) is 0. The zero-order valence-corrected chi connectivity index (χ0v) is 12.3. The fourth-order valence-corrected chi connectivity index (χ4v) is 3.39. The molecule has 0 aliphatic heterocycles. The Kier molecular flexibility index (Phi) is 6.28. The molecule has 0 bridgehead atoms. The lowest BCUT2D eigenvalue weighted by molar-refractivity contribution is -0.120. The Labute approximate surface area is 120 Å². The highest BCUT2D eigenvalue weighted by atomic mass is 32.2. The molecular formula is C16H23NOS. The third-order valence-electron chi connectivity index (χ3n) is 3.65. The number of thioether (sulfide) groups is 1. The van der Waals surface area contributed by atoms with Crippen LogP contribution < -0.4 is 5.32 Å². The second kappa shape index (κ2) is 8.26. The maximum Gasteiger partial charge on any atom is 0.220 e. The molecule has 0 saturated heterocycles. The van der Waals surface area contributed by atoms with Crippen LogP contribution in [0.25, 0.3) is 0 Å². The van der Waals surface area contributed by atoms with E-state index in [1.165, 1.54) is 37.0 Å². The smallest absolute Gasteiger partial charge is 0.220 e. The maximum absolute atomic E-state index is 11.8. The van der Waals surface area contributed by atoms with Gasteiger partial charge in [0.1, 0.15) is 0 Å². The quantitative estimate of drug-likeness (QED) is 0.800. The Hall–Kier alpha value is -0.960. The van der Waals surface area contributed by atoms with E-state index in [0.717, 1.165) is 18.2 Å². The van der Waals surface area contributed by atoms with Crippen LogP contribution >= 0.6 is 11.8 Å². The second-order valence-electron chi connectivity index (χ2n) is 5.22. The minimum atomic E-state index is 0.203. The van der Waals surface area contributed by atoms with Crippen molar-refractivity contribution in [1.29, 1.82) is 0 Å². The third kappa shape index (κ3) is 5.68. The number of rotatable bonds is 6. The van der Waals surface area contributed by atoms with E-state index in [9.17, 15) is 4.79 Å². The van der Waals surface area contributed by atoms with Crippen LogP contribution in [0, 0.1) is 5.92 Å². The van der Waals surface area contributed by atoms with Crippen LogP contribution in [0.2, 0.25) is 0 Å². The van der Waals surface area contributed by atoms with Crippen molar-refractivity contribution in [3.8, 4) is 0 Å². The maximum atomic E-state index is 11.8. The lowest BCUT2D eigenvalue weighted by Gasteiger charge is -2.21. The summed E-state index contributed by atoms with van der Waals surface area (Å²) in [6, 6.07) is 10.3. The third-order valence-corrected chi connectivity index (χ3v) is 4.67. The first-order valence-electron chi connectivity index (χ1n) is 7.29. The Morgan fingerprint density at radius 2 is 1.89 bits per heavy atom. The molecule has 1 aromatic carbocycles. The molecule has 1 aliphatic rings. The van der Waals surface area contributed by atoms with E-state index >= 15 is 0 Å². The van der Waals surface area contributed by atoms with Crippen LogP contribution in [0.15, 0.2) is 35.2 Å². The van der Waals surface area contributed by atoms with Gasteiger partial charge in [0.05, 0.1) is 0 Å². The molecule has 1 fully saturated rings. The molecule has 2 nitrogen and oxygen atoms in total. The number of carbonyl (C=O) groups excluding carboxylic acids is 1. The first-order chi connectivity index (χ1) is 9.34. The van der Waals surface area contributed by atoms with Crippen LogP contribution in [0.1, 0.15) is 38.5 Å². The van der Waals surface area contributed by atoms with Gasteiger partial charge in [-0.3, -0.25) is 4.79 Å². The SMILES string of the molecule is O=C(CCSc1ccccc1)NCC1CCCCC1. The second-order valence-corrected chi connectivity index (χ2v) is 6.39. The van der Waals surface area contributed by atoms with Crippen LogP contribution in [0.3, 0.4) is 0 Å². The van der Waals surface area contributed by atoms with Gasteiger partial charge >= 0.3 is 0 Å². The Bertz CT molecular complexity index is 374. The van der Waals surface area contributed by atoms with Crippen LogP contribution in [-0.4, -0.2) is 18.2 Å². The van der Waals surface area contributed by atoms with Gasteiger partial charge in [-0.2, -0.15) is 0 Å². The van der Waals surface area contributed by atoms with Gasteiger partial charge in [0.2, 0.25) is 5.91 Å². The molecule has 1 amide bonds. The standard InChI is InChI=1S/C16H23NOS/c18-16(17-13-14-7-3-1-4-8-14)11-12-19-15-9-5-2-6-10-15/h2,5-6,9-10,14H,1,3-4,7-8,11-13H2,(H,17,18). The van der Waals surface area contributed by atoms with E-state index in [0.29, 0.717) is 6.42 Å². The summed E-state index contributed by atoms with van der Waals surface area (Å²) in [6.07, 6.45) is 7.25. The van der Waals surface area contributed by atoms with E-state index in [4.69, 9.17) is 0 Å². The Balaban J connectivity index is 1.57. The molecule has 1 saturated carbocycles. The molecule has 2 rings (SSSR count). The molecule has 3 heteroatoms. The topological polar surface area (TPSA) is 29.1 Å². The van der Waals surface area contributed by atoms with Gasteiger partial charge in [-0.15, -0.1) is 11.8 Å². The molecule has 0 radical (unpaired) electrons. The van der Waals surface area contributed by atoms with E-state index in [1.54, 1.807) is 11.8 Å². The molecule has 0 heterocycles. The van der Waals surface area contributed by atoms with Crippen molar-refractivity contribution < 1.29 is 4.79 Å². The number of amides is 1. The van der Waals surface area contributed by atoms with Gasteiger partial charge in [-0.1, -0.05) is 37.5 Å². The van der Waals surface area contributed by atoms with Crippen molar-refractivity contribution in [2.75, 3.05) is 12.3 Å². The predicted molar refractivity (Wildman–Crippen MR) is 81.4 cm³/mol. The van der Waals surface area contributed by atoms with E-state index in [-0.39, 0.29) is 5.91 Å². The summed E-state index contributed by atoms with van der Waals surface area (Å²) in [6.45, 7) is 0.884. The van der Waals surface area contributed by atoms with Gasteiger partial charge in [0.25, 0.3) is 0 Å². The average molecular weight is 277 g/mol. The molecule has 0 atom stereocenters. The highest BCUT2D eigenvalue weighted by Crippen LogP contribution is 2.23. The Morgan fingerprint density at radius 1 is 1.16 bits per heavy atom. The first-order valence-corrected chi connectivity index (χ1v) is 8.28. The highest BCUT2D eigenvalue weighted by molar-refractivity contribution is 7.99. The van der Waals surface area contributed by atoms with Crippen molar-refractivity contribution in [3.05, 3.63) is 30.3 Å². The lowest BCUT2D eigenvalue weighted by Crippen LogP contribution is -2.30. The summed E-state index contributed by atoms with van der Waals surface area (Å²) >= 11 is 1.75. The van der Waals surface area contributed by atoms with E-state index < -0.39 is 0 Å². The van der Waals surface area contributed by atoms with Crippen molar-refractivity contribution in [3.63, 3.8) is 0 Å². The van der Waals surface area contributed by atoms with Crippen molar-refractivity contribution in [1.82, 2.24) is 5.32 Å². The minimum absolute atomic E-state index is 0.203. The molecule has 0 aromatic heterocycles. The normalized spacial score (nSPS) is 16.2. The van der Waals surface area contributed by atoms with Gasteiger partial charge < -0.3 is 5.32 Å². The summed E-state index contributed by atoms with van der Waals surface area (Å²) in [5, 5.41) is 3.09. The minimum Gasteiger partial charge on any atom is -0.356 e. The molecule has 1 N–H and O–H groups in total. The zero-order valence-electron chi connectivity index (χ0n) is 11.4. The molecular weight excluding hydrogens is 254 g/mol. The summed E-state index contributed by atoms with van der Waals surface area (Å²) in [5.74, 6) is 1.79. The molecule has 1 aliphatic carbocycles. The van der Waals surface area contributed by atoms with Crippen LogP contribution in [-0.2, 0) is 4.79 Å². The first kappa shape index (κ1) is 14.4. The zero-order chi connectivity index (χ0) is 13.3. The number of hydrogen-bond donors (Lipinski definition) is 1. The van der Waals surface area contributed by atoms with Crippen molar-refractivity contribution >= 4 is 17.7 Å². The number of benzene rings is 1. The molecule has 0 spiro atoms. The summed E-state index contributed by atoms with van der Waals surface area (Å²) < 4.78 is 0. The van der Waals surface area contributed by atoms with Gasteiger partial charge in [0.15, 0.2) is 0 Å². The molecule has 0 unspecified atom stereocenters. The van der Waals surface area contributed by atoms with Gasteiger partial charge in [0, 0.05) is 23.6 Å². The highest BCUT2D eigenvalue weighted by Gasteiger charge is 2.13. The van der Waals surface area contributed by atoms with E-state index in [1.807, 2.05) is 18.2 Å². The van der Waals surface area contributed by atoms with Crippen LogP contribution in [0.5, 0.6) is 0 Å². The van der Waals surface area contributed by atoms with Crippen molar-refractivity contribution in [2.45, 2.75) is 43.4 Å². The Morgan fingerprint density at radius 3 is 2.63 bits per heavy atom. The average Bonchev–Trinajstić information content (AvgIpc) is 2.47. The molecule has 104 valence electrons. The molecule has 1 aromatic rings. The number of nitrogens with one attached hydrogen (secondary N) is 1. The number of hydrogen-bond acceptors (Lipinski definition) is 2. The predicted octanol–water partition coefficient (Wildman–Crippen LogP) is 3.87. The van der Waals surface area contributed by atoms with Crippen LogP contribution in [0.4, 0.5) is 0 Å². The summed E-state index contributed by atoms with van der Waals surface area (Å²) in [4.78, 5) is 13.0. The van der Waals surface area contributed by atoms with Gasteiger partial charge in [-0.25, -0.2) is 0 Å². The fraction of sp³-hybridized carbons (Fsp3) is 0.562. The summed E-state index contributed by atoms with van der Waals surface area (Å²) in [7, 11) is 0. The molecule has 19 heavy (non-hydrogen) atoms. The van der Waals surface area contributed by atoms with E-state index in [2.05, 4.69) is 17.4 Å². The largest absolute Gasteiger partial charge is 0.356 e. The number of carbonyl (C=O) groups is 1.